The van der Waals surface area contributed by atoms with Crippen LogP contribution >= 0.6 is 11.6 Å². The molecule has 8 nitrogen and oxygen atoms in total. The van der Waals surface area contributed by atoms with Crippen LogP contribution in [0.4, 0.5) is 9.18 Å². The minimum Gasteiger partial charge on any atom is -0.444 e. The lowest BCUT2D eigenvalue weighted by Gasteiger charge is -2.19. The van der Waals surface area contributed by atoms with E-state index >= 15 is 0 Å². The van der Waals surface area contributed by atoms with Crippen LogP contribution < -0.4 is 5.32 Å². The van der Waals surface area contributed by atoms with Crippen LogP contribution in [0.3, 0.4) is 0 Å². The number of amides is 1. The number of aromatic nitrogens is 2. The smallest absolute Gasteiger partial charge is 0.407 e. The van der Waals surface area contributed by atoms with Crippen LogP contribution in [0.5, 0.6) is 0 Å². The molecule has 11 heteroatoms. The van der Waals surface area contributed by atoms with Crippen LogP contribution in [0.15, 0.2) is 35.0 Å². The third-order valence-electron chi connectivity index (χ3n) is 5.25. The highest BCUT2D eigenvalue weighted by Gasteiger charge is 2.23. The number of alkyl carbamates (subject to hydrolysis) is 1. The predicted molar refractivity (Wildman–Crippen MR) is 140 cm³/mol. The summed E-state index contributed by atoms with van der Waals surface area (Å²) in [5.41, 5.74) is 2.74. The van der Waals surface area contributed by atoms with Crippen molar-refractivity contribution in [2.45, 2.75) is 70.9 Å². The maximum absolute atomic E-state index is 14.7. The molecule has 2 rings (SSSR count). The number of carbonyl (C=O) groups is 1. The minimum absolute atomic E-state index is 0.00836. The highest BCUT2D eigenvalue weighted by atomic mass is 35.5. The first-order valence-corrected chi connectivity index (χ1v) is 13.4. The zero-order chi connectivity index (χ0) is 27.4. The van der Waals surface area contributed by atoms with E-state index in [1.165, 1.54) is 26.2 Å². The standard InChI is InChI=1S/C25H36ClFN4O4S/c1-16(2)23-20(13-18-9-10-22(21(26)14-18)36(33,34)30(7)8)17(3)29-31(23)15-19(27)11-12-28-24(32)35-25(4,5)6/h9-11,14,16H,12-13,15H2,1-8H3,(H,28,32)/b19-11-. The highest BCUT2D eigenvalue weighted by Crippen LogP contribution is 2.29. The average Bonchev–Trinajstić information content (AvgIpc) is 3.01. The molecule has 2 aromatic rings. The van der Waals surface area contributed by atoms with Gasteiger partial charge in [0.15, 0.2) is 0 Å². The zero-order valence-electron chi connectivity index (χ0n) is 22.1. The van der Waals surface area contributed by atoms with E-state index in [1.54, 1.807) is 37.6 Å². The van der Waals surface area contributed by atoms with E-state index in [0.717, 1.165) is 26.8 Å². The molecule has 200 valence electrons. The molecule has 0 bridgehead atoms. The van der Waals surface area contributed by atoms with Gasteiger partial charge in [-0.2, -0.15) is 5.10 Å². The number of aryl methyl sites for hydroxylation is 1. The third-order valence-corrected chi connectivity index (χ3v) is 7.55. The molecule has 0 saturated carbocycles. The first-order chi connectivity index (χ1) is 16.5. The van der Waals surface area contributed by atoms with Crippen molar-refractivity contribution in [3.8, 4) is 0 Å². The van der Waals surface area contributed by atoms with Crippen LogP contribution in [0, 0.1) is 6.92 Å². The Bertz CT molecular complexity index is 1230. The number of carbonyl (C=O) groups excluding carboxylic acids is 1. The first kappa shape index (κ1) is 29.8. The summed E-state index contributed by atoms with van der Waals surface area (Å²) >= 11 is 6.32. The molecule has 36 heavy (non-hydrogen) atoms. The topological polar surface area (TPSA) is 93.5 Å². The summed E-state index contributed by atoms with van der Waals surface area (Å²) in [6.07, 6.45) is 1.14. The second-order valence-corrected chi connectivity index (χ2v) is 12.6. The van der Waals surface area contributed by atoms with E-state index in [9.17, 15) is 17.6 Å². The highest BCUT2D eigenvalue weighted by molar-refractivity contribution is 7.89. The molecule has 1 N–H and O–H groups in total. The molecule has 0 aliphatic heterocycles. The molecule has 1 aromatic carbocycles. The van der Waals surface area contributed by atoms with Crippen LogP contribution in [-0.4, -0.2) is 54.8 Å². The van der Waals surface area contributed by atoms with E-state index in [1.807, 2.05) is 20.8 Å². The number of allylic oxidation sites excluding steroid dienone is 1. The Hall–Kier alpha value is -2.43. The maximum Gasteiger partial charge on any atom is 0.407 e. The van der Waals surface area contributed by atoms with Crippen molar-refractivity contribution in [2.24, 2.45) is 0 Å². The van der Waals surface area contributed by atoms with Gasteiger partial charge in [-0.1, -0.05) is 31.5 Å². The van der Waals surface area contributed by atoms with Crippen molar-refractivity contribution < 1.29 is 22.3 Å². The summed E-state index contributed by atoms with van der Waals surface area (Å²) in [4.78, 5) is 11.8. The lowest BCUT2D eigenvalue weighted by Crippen LogP contribution is -2.32. The van der Waals surface area contributed by atoms with Crippen molar-refractivity contribution in [1.29, 1.82) is 0 Å². The first-order valence-electron chi connectivity index (χ1n) is 11.6. The van der Waals surface area contributed by atoms with Crippen molar-refractivity contribution in [1.82, 2.24) is 19.4 Å². The van der Waals surface area contributed by atoms with Gasteiger partial charge in [0.25, 0.3) is 0 Å². The van der Waals surface area contributed by atoms with Gasteiger partial charge in [0.05, 0.1) is 17.3 Å². The Morgan fingerprint density at radius 3 is 2.47 bits per heavy atom. The number of rotatable bonds is 9. The van der Waals surface area contributed by atoms with Gasteiger partial charge in [-0.05, 0) is 57.4 Å². The van der Waals surface area contributed by atoms with E-state index in [2.05, 4.69) is 10.4 Å². The molecular weight excluding hydrogens is 507 g/mol. The SMILES string of the molecule is Cc1nn(C/C(F)=C/CNC(=O)OC(C)(C)C)c(C(C)C)c1Cc1ccc(S(=O)(=O)N(C)C)c(Cl)c1. The van der Waals surface area contributed by atoms with Gasteiger partial charge in [-0.3, -0.25) is 4.68 Å². The van der Waals surface area contributed by atoms with Gasteiger partial charge in [-0.25, -0.2) is 21.9 Å². The molecule has 0 radical (unpaired) electrons. The number of sulfonamides is 1. The molecule has 0 atom stereocenters. The fourth-order valence-corrected chi connectivity index (χ4v) is 5.09. The summed E-state index contributed by atoms with van der Waals surface area (Å²) in [5.74, 6) is -0.388. The Kier molecular flexibility index (Phi) is 9.72. The lowest BCUT2D eigenvalue weighted by molar-refractivity contribution is 0.0534. The number of hydrogen-bond donors (Lipinski definition) is 1. The van der Waals surface area contributed by atoms with Gasteiger partial charge in [0.1, 0.15) is 16.3 Å². The molecule has 1 amide bonds. The summed E-state index contributed by atoms with van der Waals surface area (Å²) < 4.78 is 47.5. The van der Waals surface area contributed by atoms with Crippen LogP contribution in [0.25, 0.3) is 0 Å². The number of benzene rings is 1. The normalized spacial score (nSPS) is 12.9. The molecule has 0 unspecified atom stereocenters. The summed E-state index contributed by atoms with van der Waals surface area (Å²) in [5, 5.41) is 7.20. The van der Waals surface area contributed by atoms with Gasteiger partial charge < -0.3 is 10.1 Å². The Morgan fingerprint density at radius 1 is 1.31 bits per heavy atom. The predicted octanol–water partition coefficient (Wildman–Crippen LogP) is 5.19. The summed E-state index contributed by atoms with van der Waals surface area (Å²) in [7, 11) is -0.752. The molecule has 0 aliphatic rings. The molecule has 1 aromatic heterocycles. The fraction of sp³-hybridized carbons (Fsp3) is 0.520. The number of nitrogens with one attached hydrogen (secondary N) is 1. The van der Waals surface area contributed by atoms with Crippen LogP contribution in [0.2, 0.25) is 5.02 Å². The second kappa shape index (κ2) is 11.7. The van der Waals surface area contributed by atoms with Crippen LogP contribution in [0.1, 0.15) is 63.1 Å². The summed E-state index contributed by atoms with van der Waals surface area (Å²) in [6, 6.07) is 4.87. The van der Waals surface area contributed by atoms with Gasteiger partial charge in [-0.15, -0.1) is 0 Å². The van der Waals surface area contributed by atoms with Crippen LogP contribution in [-0.2, 0) is 27.7 Å². The summed E-state index contributed by atoms with van der Waals surface area (Å²) in [6.45, 7) is 11.0. The van der Waals surface area contributed by atoms with Crippen molar-refractivity contribution in [2.75, 3.05) is 20.6 Å². The van der Waals surface area contributed by atoms with E-state index < -0.39 is 27.5 Å². The maximum atomic E-state index is 14.7. The Labute approximate surface area is 218 Å². The fourth-order valence-electron chi connectivity index (χ4n) is 3.65. The molecular formula is C25H36ClFN4O4S. The minimum atomic E-state index is -3.66. The van der Waals surface area contributed by atoms with Crippen molar-refractivity contribution in [3.05, 3.63) is 57.6 Å². The number of halogens is 2. The number of nitrogens with zero attached hydrogens (tertiary/aromatic N) is 3. The van der Waals surface area contributed by atoms with E-state index in [4.69, 9.17) is 16.3 Å². The van der Waals surface area contributed by atoms with Gasteiger partial charge >= 0.3 is 6.09 Å². The quantitative estimate of drug-likeness (QED) is 0.471. The molecule has 0 saturated heterocycles. The number of hydrogen-bond acceptors (Lipinski definition) is 5. The van der Waals surface area contributed by atoms with Crippen molar-refractivity contribution >= 4 is 27.7 Å². The molecule has 0 fully saturated rings. The lowest BCUT2D eigenvalue weighted by atomic mass is 9.97. The third kappa shape index (κ3) is 7.78. The molecule has 0 spiro atoms. The van der Waals surface area contributed by atoms with Gasteiger partial charge in [0.2, 0.25) is 10.0 Å². The van der Waals surface area contributed by atoms with E-state index in [0.29, 0.717) is 6.42 Å². The second-order valence-electron chi connectivity index (χ2n) is 10.0. The van der Waals surface area contributed by atoms with E-state index in [-0.39, 0.29) is 28.9 Å². The zero-order valence-corrected chi connectivity index (χ0v) is 23.7. The number of ether oxygens (including phenoxy) is 1. The average molecular weight is 543 g/mol. The Balaban J connectivity index is 2.24. The Morgan fingerprint density at radius 2 is 1.94 bits per heavy atom. The molecule has 1 heterocycles. The van der Waals surface area contributed by atoms with Crippen molar-refractivity contribution in [3.63, 3.8) is 0 Å². The largest absolute Gasteiger partial charge is 0.444 e. The monoisotopic (exact) mass is 542 g/mol. The molecule has 0 aliphatic carbocycles. The van der Waals surface area contributed by atoms with Gasteiger partial charge in [0, 0.05) is 38.3 Å².